The number of carbonyl (C=O) groups excluding carboxylic acids is 2. The molecule has 0 atom stereocenters. The average Bonchev–Trinajstić information content (AvgIpc) is 2.40. The first-order chi connectivity index (χ1) is 8.97. The molecule has 0 N–H and O–H groups in total. The summed E-state index contributed by atoms with van der Waals surface area (Å²) in [7, 11) is -3.50. The van der Waals surface area contributed by atoms with Crippen molar-refractivity contribution in [1.82, 2.24) is 4.31 Å². The zero-order valence-electron chi connectivity index (χ0n) is 11.0. The number of nitrogens with zero attached hydrogens (tertiary/aromatic N) is 1. The number of ketones is 1. The third kappa shape index (κ3) is 3.48. The third-order valence-corrected chi connectivity index (χ3v) is 4.85. The van der Waals surface area contributed by atoms with Crippen LogP contribution in [-0.4, -0.2) is 37.9 Å². The molecule has 0 spiro atoms. The lowest BCUT2D eigenvalue weighted by atomic mass is 10.1. The van der Waals surface area contributed by atoms with Gasteiger partial charge in [0.1, 0.15) is 6.29 Å². The maximum atomic E-state index is 12.2. The van der Waals surface area contributed by atoms with Crippen molar-refractivity contribution in [3.05, 3.63) is 29.8 Å². The van der Waals surface area contributed by atoms with Crippen LogP contribution in [0.1, 0.15) is 30.6 Å². The number of rotatable bonds is 7. The Morgan fingerprint density at radius 3 is 2.11 bits per heavy atom. The minimum atomic E-state index is -3.50. The lowest BCUT2D eigenvalue weighted by molar-refractivity contribution is -0.107. The number of sulfonamides is 1. The van der Waals surface area contributed by atoms with Gasteiger partial charge in [-0.3, -0.25) is 4.79 Å². The largest absolute Gasteiger partial charge is 0.303 e. The molecule has 0 aliphatic heterocycles. The van der Waals surface area contributed by atoms with Crippen molar-refractivity contribution >= 4 is 22.1 Å². The summed E-state index contributed by atoms with van der Waals surface area (Å²) >= 11 is 0. The second-order valence-corrected chi connectivity index (χ2v) is 5.85. The van der Waals surface area contributed by atoms with Crippen LogP contribution >= 0.6 is 0 Å². The van der Waals surface area contributed by atoms with Gasteiger partial charge in [0.25, 0.3) is 0 Å². The summed E-state index contributed by atoms with van der Waals surface area (Å²) in [6.07, 6.45) is 0.338. The van der Waals surface area contributed by atoms with Crippen molar-refractivity contribution in [3.63, 3.8) is 0 Å². The molecule has 1 rings (SSSR count). The molecule has 0 aliphatic rings. The molecular formula is C13H17NO4S. The number of aldehydes is 1. The number of carbonyl (C=O) groups is 2. The lowest BCUT2D eigenvalue weighted by Crippen LogP contribution is -2.30. The standard InChI is InChI=1S/C13H17NO4S/c1-3-14(4-2)19(17,18)12-7-5-11(6-8-12)13(16)9-10-15/h5-8,10H,3-4,9H2,1-2H3. The van der Waals surface area contributed by atoms with Crippen LogP contribution in [0, 0.1) is 0 Å². The smallest absolute Gasteiger partial charge is 0.243 e. The summed E-state index contributed by atoms with van der Waals surface area (Å²) in [4.78, 5) is 21.9. The first-order valence-electron chi connectivity index (χ1n) is 6.04. The van der Waals surface area contributed by atoms with Crippen molar-refractivity contribution in [1.29, 1.82) is 0 Å². The van der Waals surface area contributed by atoms with Crippen LogP contribution in [0.4, 0.5) is 0 Å². The predicted octanol–water partition coefficient (Wildman–Crippen LogP) is 1.49. The normalized spacial score (nSPS) is 11.5. The SMILES string of the molecule is CCN(CC)S(=O)(=O)c1ccc(C(=O)CC=O)cc1. The van der Waals surface area contributed by atoms with Gasteiger partial charge in [0.05, 0.1) is 11.3 Å². The minimum Gasteiger partial charge on any atom is -0.303 e. The lowest BCUT2D eigenvalue weighted by Gasteiger charge is -2.18. The van der Waals surface area contributed by atoms with E-state index in [1.54, 1.807) is 13.8 Å². The first kappa shape index (κ1) is 15.5. The molecule has 6 heteroatoms. The molecule has 104 valence electrons. The molecule has 0 unspecified atom stereocenters. The molecule has 0 radical (unpaired) electrons. The summed E-state index contributed by atoms with van der Waals surface area (Å²) in [5.74, 6) is -0.318. The van der Waals surface area contributed by atoms with Crippen LogP contribution in [-0.2, 0) is 14.8 Å². The Kier molecular flexibility index (Phi) is 5.38. The topological polar surface area (TPSA) is 71.5 Å². The van der Waals surface area contributed by atoms with Crippen LogP contribution in [0.15, 0.2) is 29.2 Å². The molecule has 0 aliphatic carbocycles. The van der Waals surface area contributed by atoms with Gasteiger partial charge in [0.2, 0.25) is 10.0 Å². The maximum Gasteiger partial charge on any atom is 0.243 e. The van der Waals surface area contributed by atoms with Gasteiger partial charge in [-0.15, -0.1) is 0 Å². The van der Waals surface area contributed by atoms with E-state index in [-0.39, 0.29) is 17.1 Å². The number of hydrogen-bond donors (Lipinski definition) is 0. The highest BCUT2D eigenvalue weighted by atomic mass is 32.2. The van der Waals surface area contributed by atoms with Crippen LogP contribution < -0.4 is 0 Å². The van der Waals surface area contributed by atoms with E-state index in [0.717, 1.165) is 0 Å². The van der Waals surface area contributed by atoms with E-state index in [1.165, 1.54) is 28.6 Å². The van der Waals surface area contributed by atoms with Crippen molar-refractivity contribution in [2.24, 2.45) is 0 Å². The van der Waals surface area contributed by atoms with Gasteiger partial charge in [-0.05, 0) is 12.1 Å². The molecule has 0 heterocycles. The second-order valence-electron chi connectivity index (χ2n) is 3.91. The summed E-state index contributed by atoms with van der Waals surface area (Å²) in [6.45, 7) is 4.32. The zero-order chi connectivity index (χ0) is 14.5. The minimum absolute atomic E-state index is 0.152. The van der Waals surface area contributed by atoms with Crippen LogP contribution in [0.25, 0.3) is 0 Å². The van der Waals surface area contributed by atoms with Gasteiger partial charge >= 0.3 is 0 Å². The van der Waals surface area contributed by atoms with Crippen molar-refractivity contribution in [2.75, 3.05) is 13.1 Å². The van der Waals surface area contributed by atoms with Gasteiger partial charge in [-0.2, -0.15) is 4.31 Å². The van der Waals surface area contributed by atoms with E-state index in [2.05, 4.69) is 0 Å². The summed E-state index contributed by atoms with van der Waals surface area (Å²) in [6, 6.07) is 5.65. The van der Waals surface area contributed by atoms with Crippen LogP contribution in [0.5, 0.6) is 0 Å². The molecule has 0 bridgehead atoms. The Morgan fingerprint density at radius 1 is 1.16 bits per heavy atom. The zero-order valence-corrected chi connectivity index (χ0v) is 11.8. The fourth-order valence-corrected chi connectivity index (χ4v) is 3.18. The van der Waals surface area contributed by atoms with E-state index in [9.17, 15) is 18.0 Å². The molecule has 0 aromatic heterocycles. The Bertz CT molecular complexity index is 545. The first-order valence-corrected chi connectivity index (χ1v) is 7.48. The number of Topliss-reactive ketones (excluding diaryl/α,β-unsaturated/α-hetero) is 1. The molecule has 0 amide bonds. The highest BCUT2D eigenvalue weighted by Crippen LogP contribution is 2.16. The Balaban J connectivity index is 3.05. The highest BCUT2D eigenvalue weighted by Gasteiger charge is 2.21. The van der Waals surface area contributed by atoms with Gasteiger partial charge in [-0.25, -0.2) is 8.42 Å². The molecule has 0 saturated carbocycles. The van der Waals surface area contributed by atoms with Crippen LogP contribution in [0.3, 0.4) is 0 Å². The third-order valence-electron chi connectivity index (χ3n) is 2.79. The van der Waals surface area contributed by atoms with Gasteiger partial charge < -0.3 is 4.79 Å². The van der Waals surface area contributed by atoms with Crippen LogP contribution in [0.2, 0.25) is 0 Å². The number of benzene rings is 1. The van der Waals surface area contributed by atoms with Crippen molar-refractivity contribution in [3.8, 4) is 0 Å². The molecule has 1 aromatic rings. The van der Waals surface area contributed by atoms with E-state index >= 15 is 0 Å². The maximum absolute atomic E-state index is 12.2. The summed E-state index contributed by atoms with van der Waals surface area (Å²) in [5, 5.41) is 0. The van der Waals surface area contributed by atoms with E-state index in [0.29, 0.717) is 24.9 Å². The summed E-state index contributed by atoms with van der Waals surface area (Å²) in [5.41, 5.74) is 0.339. The number of hydrogen-bond acceptors (Lipinski definition) is 4. The monoisotopic (exact) mass is 283 g/mol. The fraction of sp³-hybridized carbons (Fsp3) is 0.385. The van der Waals surface area contributed by atoms with E-state index in [1.807, 2.05) is 0 Å². The van der Waals surface area contributed by atoms with Gasteiger partial charge in [-0.1, -0.05) is 26.0 Å². The molecule has 0 saturated heterocycles. The second kappa shape index (κ2) is 6.58. The van der Waals surface area contributed by atoms with Gasteiger partial charge in [0, 0.05) is 18.7 Å². The van der Waals surface area contributed by atoms with Crippen molar-refractivity contribution < 1.29 is 18.0 Å². The Labute approximate surface area is 113 Å². The van der Waals surface area contributed by atoms with E-state index < -0.39 is 10.0 Å². The summed E-state index contributed by atoms with van der Waals surface area (Å²) < 4.78 is 25.7. The quantitative estimate of drug-likeness (QED) is 0.432. The molecule has 1 aromatic carbocycles. The molecule has 0 fully saturated rings. The average molecular weight is 283 g/mol. The molecule has 19 heavy (non-hydrogen) atoms. The molecule has 5 nitrogen and oxygen atoms in total. The predicted molar refractivity (Wildman–Crippen MR) is 71.6 cm³/mol. The Morgan fingerprint density at radius 2 is 1.68 bits per heavy atom. The molecular weight excluding hydrogens is 266 g/mol. The van der Waals surface area contributed by atoms with Gasteiger partial charge in [0.15, 0.2) is 5.78 Å². The Hall–Kier alpha value is -1.53. The van der Waals surface area contributed by atoms with Crippen molar-refractivity contribution in [2.45, 2.75) is 25.2 Å². The fourth-order valence-electron chi connectivity index (χ4n) is 1.72. The highest BCUT2D eigenvalue weighted by molar-refractivity contribution is 7.89. The van der Waals surface area contributed by atoms with E-state index in [4.69, 9.17) is 0 Å².